The zero-order valence-electron chi connectivity index (χ0n) is 27.5. The number of unbranched alkanes of at least 4 members (excludes halogenated alkanes) is 15. The average Bonchev–Trinajstić information content (AvgIpc) is 3.29. The van der Waals surface area contributed by atoms with Gasteiger partial charge in [0.15, 0.2) is 12.4 Å². The summed E-state index contributed by atoms with van der Waals surface area (Å²) in [6, 6.07) is 11.8. The lowest BCUT2D eigenvalue weighted by molar-refractivity contribution is -0.697. The Balaban J connectivity index is 1.41. The van der Waals surface area contributed by atoms with Crippen molar-refractivity contribution in [2.45, 2.75) is 141 Å². The molecular weight excluding hydrogens is 566 g/mol. The van der Waals surface area contributed by atoms with Crippen LogP contribution in [0.15, 0.2) is 54.9 Å². The molecule has 1 aliphatic heterocycles. The van der Waals surface area contributed by atoms with E-state index in [0.29, 0.717) is 37.1 Å². The van der Waals surface area contributed by atoms with Gasteiger partial charge < -0.3 is 15.2 Å². The number of pyridine rings is 1. The molecule has 0 saturated heterocycles. The van der Waals surface area contributed by atoms with Crippen LogP contribution in [0.4, 0.5) is 4.79 Å². The molecular formula is C37H56N3O5+. The number of benzene rings is 1. The minimum absolute atomic E-state index is 0.348. The molecule has 3 amide bonds. The fourth-order valence-corrected chi connectivity index (χ4v) is 6.15. The van der Waals surface area contributed by atoms with Crippen molar-refractivity contribution < 1.29 is 28.4 Å². The molecule has 0 aliphatic carbocycles. The van der Waals surface area contributed by atoms with Gasteiger partial charge in [0.05, 0.1) is 17.7 Å². The second-order valence-corrected chi connectivity index (χ2v) is 12.3. The number of nitrogens with zero attached hydrogens (tertiary/aromatic N) is 2. The first-order valence-electron chi connectivity index (χ1n) is 17.5. The van der Waals surface area contributed by atoms with Crippen LogP contribution in [0.3, 0.4) is 0 Å². The molecule has 0 saturated carbocycles. The van der Waals surface area contributed by atoms with E-state index in [1.165, 1.54) is 88.4 Å². The summed E-state index contributed by atoms with van der Waals surface area (Å²) in [5.74, 6) is -0.811. The molecule has 2 aromatic rings. The number of hydrogen-bond donors (Lipinski definition) is 1. The van der Waals surface area contributed by atoms with Crippen molar-refractivity contribution in [3.05, 3.63) is 66.0 Å². The Morgan fingerprint density at radius 2 is 1.20 bits per heavy atom. The van der Waals surface area contributed by atoms with Crippen LogP contribution in [0, 0.1) is 0 Å². The topological polar surface area (TPSA) is 103 Å². The highest BCUT2D eigenvalue weighted by Gasteiger charge is 2.44. The number of aromatic nitrogens is 1. The molecule has 248 valence electrons. The van der Waals surface area contributed by atoms with Crippen LogP contribution in [0.2, 0.25) is 0 Å². The van der Waals surface area contributed by atoms with Crippen LogP contribution in [0.1, 0.15) is 143 Å². The molecule has 3 rings (SSSR count). The van der Waals surface area contributed by atoms with Crippen LogP contribution in [-0.4, -0.2) is 41.7 Å². The van der Waals surface area contributed by atoms with E-state index in [9.17, 15) is 14.4 Å². The Hall–Kier alpha value is -3.26. The van der Waals surface area contributed by atoms with E-state index in [2.05, 4.69) is 6.92 Å². The zero-order valence-corrected chi connectivity index (χ0v) is 27.5. The van der Waals surface area contributed by atoms with E-state index in [0.717, 1.165) is 19.3 Å². The first kappa shape index (κ1) is 36.2. The molecule has 0 bridgehead atoms. The molecule has 45 heavy (non-hydrogen) atoms. The van der Waals surface area contributed by atoms with Gasteiger partial charge >= 0.3 is 6.09 Å². The van der Waals surface area contributed by atoms with E-state index in [-0.39, 0.29) is 0 Å². The van der Waals surface area contributed by atoms with Gasteiger partial charge in [-0.2, -0.15) is 0 Å². The lowest BCUT2D eigenvalue weighted by atomic mass is 10.0. The van der Waals surface area contributed by atoms with E-state index in [1.807, 2.05) is 35.2 Å². The highest BCUT2D eigenvalue weighted by atomic mass is 16.7. The molecule has 8 nitrogen and oxygen atoms in total. The number of carbonyl (C=O) groups excluding carboxylic acids is 3. The molecule has 0 radical (unpaired) electrons. The Bertz CT molecular complexity index is 1110. The Morgan fingerprint density at radius 3 is 1.69 bits per heavy atom. The number of nitrogens with two attached hydrogens (primary N) is 1. The SMILES string of the molecule is CCCCCCCCCCCCCCCCCCOC(OC(N)=O)C(CCC[n+]1ccccc1)N1C(=O)c2ccccc2C1=O. The molecule has 0 spiro atoms. The number of fused-ring (bicyclic) bond motifs is 1. The average molecular weight is 623 g/mol. The molecule has 2 atom stereocenters. The minimum Gasteiger partial charge on any atom is -0.417 e. The number of amides is 3. The summed E-state index contributed by atoms with van der Waals surface area (Å²) < 4.78 is 13.5. The Morgan fingerprint density at radius 1 is 0.711 bits per heavy atom. The van der Waals surface area contributed by atoms with Crippen LogP contribution >= 0.6 is 0 Å². The maximum Gasteiger partial charge on any atom is 0.406 e. The van der Waals surface area contributed by atoms with Gasteiger partial charge in [-0.05, 0) is 25.0 Å². The number of rotatable bonds is 25. The molecule has 1 aliphatic rings. The Labute approximate surface area is 270 Å². The van der Waals surface area contributed by atoms with Crippen LogP contribution in [0.25, 0.3) is 0 Å². The van der Waals surface area contributed by atoms with Crippen molar-refractivity contribution >= 4 is 17.9 Å². The molecule has 1 aromatic heterocycles. The van der Waals surface area contributed by atoms with Gasteiger partial charge in [0.1, 0.15) is 12.6 Å². The smallest absolute Gasteiger partial charge is 0.406 e. The molecule has 1 aromatic carbocycles. The number of aryl methyl sites for hydroxylation is 1. The van der Waals surface area contributed by atoms with Crippen LogP contribution in [-0.2, 0) is 16.0 Å². The third-order valence-electron chi connectivity index (χ3n) is 8.68. The van der Waals surface area contributed by atoms with Gasteiger partial charge in [-0.25, -0.2) is 9.36 Å². The van der Waals surface area contributed by atoms with Crippen molar-refractivity contribution in [2.75, 3.05) is 6.61 Å². The number of hydrogen-bond acceptors (Lipinski definition) is 5. The summed E-state index contributed by atoms with van der Waals surface area (Å²) in [4.78, 5) is 39.9. The van der Waals surface area contributed by atoms with E-state index in [1.54, 1.807) is 24.3 Å². The van der Waals surface area contributed by atoms with Crippen molar-refractivity contribution in [3.8, 4) is 0 Å². The summed E-state index contributed by atoms with van der Waals surface area (Å²) in [5.41, 5.74) is 6.13. The van der Waals surface area contributed by atoms with Gasteiger partial charge in [0.2, 0.25) is 6.29 Å². The summed E-state index contributed by atoms with van der Waals surface area (Å²) >= 11 is 0. The quantitative estimate of drug-likeness (QED) is 0.0521. The molecule has 8 heteroatoms. The number of primary amides is 1. The highest BCUT2D eigenvalue weighted by Crippen LogP contribution is 2.29. The zero-order chi connectivity index (χ0) is 32.1. The van der Waals surface area contributed by atoms with Gasteiger partial charge in [-0.1, -0.05) is 121 Å². The predicted octanol–water partition coefficient (Wildman–Crippen LogP) is 8.12. The van der Waals surface area contributed by atoms with Crippen LogP contribution < -0.4 is 10.3 Å². The summed E-state index contributed by atoms with van der Waals surface area (Å²) in [5, 5.41) is 0. The fourth-order valence-electron chi connectivity index (χ4n) is 6.15. The summed E-state index contributed by atoms with van der Waals surface area (Å²) in [6.45, 7) is 3.29. The van der Waals surface area contributed by atoms with E-state index in [4.69, 9.17) is 15.2 Å². The predicted molar refractivity (Wildman–Crippen MR) is 177 cm³/mol. The number of ether oxygens (including phenoxy) is 2. The van der Waals surface area contributed by atoms with Crippen molar-refractivity contribution in [1.29, 1.82) is 0 Å². The summed E-state index contributed by atoms with van der Waals surface area (Å²) in [6.07, 6.45) is 23.2. The minimum atomic E-state index is -1.14. The third kappa shape index (κ3) is 12.9. The second-order valence-electron chi connectivity index (χ2n) is 12.3. The largest absolute Gasteiger partial charge is 0.417 e. The molecule has 2 N–H and O–H groups in total. The number of carbonyl (C=O) groups is 3. The molecule has 2 unspecified atom stereocenters. The monoisotopic (exact) mass is 622 g/mol. The highest BCUT2D eigenvalue weighted by molar-refractivity contribution is 6.21. The third-order valence-corrected chi connectivity index (χ3v) is 8.68. The van der Waals surface area contributed by atoms with E-state index >= 15 is 0 Å². The number of imide groups is 1. The standard InChI is InChI=1S/C37H55N3O5/c1-2-3-4-5-6-7-8-9-10-11-12-13-14-15-16-22-30-44-36(45-37(38)43)33(26-23-29-39-27-20-17-21-28-39)40-34(41)31-24-18-19-25-32(31)35(40)42/h17-21,24-25,27-28,33,36H,2-16,22-23,26,29-30H2,1H3,(H-,38,43)/p+1. The first-order chi connectivity index (χ1) is 22.0. The van der Waals surface area contributed by atoms with E-state index < -0.39 is 30.2 Å². The van der Waals surface area contributed by atoms with Crippen molar-refractivity contribution in [3.63, 3.8) is 0 Å². The molecule has 0 fully saturated rings. The lowest BCUT2D eigenvalue weighted by Gasteiger charge is -2.32. The second kappa shape index (κ2) is 21.5. The summed E-state index contributed by atoms with van der Waals surface area (Å²) in [7, 11) is 0. The van der Waals surface area contributed by atoms with Crippen molar-refractivity contribution in [2.24, 2.45) is 5.73 Å². The fraction of sp³-hybridized carbons (Fsp3) is 0.622. The molecule has 2 heterocycles. The maximum absolute atomic E-state index is 13.4. The Kier molecular flexibility index (Phi) is 17.3. The lowest BCUT2D eigenvalue weighted by Crippen LogP contribution is -2.50. The normalized spacial score (nSPS) is 14.0. The van der Waals surface area contributed by atoms with Crippen molar-refractivity contribution in [1.82, 2.24) is 4.90 Å². The first-order valence-corrected chi connectivity index (χ1v) is 17.5. The van der Waals surface area contributed by atoms with Crippen LogP contribution in [0.5, 0.6) is 0 Å². The van der Waals surface area contributed by atoms with Gasteiger partial charge in [-0.3, -0.25) is 14.5 Å². The van der Waals surface area contributed by atoms with Gasteiger partial charge in [0, 0.05) is 18.6 Å². The van der Waals surface area contributed by atoms with Gasteiger partial charge in [0.25, 0.3) is 11.8 Å². The maximum atomic E-state index is 13.4. The van der Waals surface area contributed by atoms with Gasteiger partial charge in [-0.15, -0.1) is 0 Å².